The maximum absolute atomic E-state index is 9.42. The zero-order valence-electron chi connectivity index (χ0n) is 14.8. The van der Waals surface area contributed by atoms with Crippen LogP contribution in [-0.2, 0) is 0 Å². The summed E-state index contributed by atoms with van der Waals surface area (Å²) in [5.41, 5.74) is 1.39. The maximum atomic E-state index is 9.42. The number of piperazine rings is 1. The number of anilines is 1. The summed E-state index contributed by atoms with van der Waals surface area (Å²) >= 11 is 6.04. The number of hydrogen-bond donors (Lipinski definition) is 1. The molecule has 5 nitrogen and oxygen atoms in total. The van der Waals surface area contributed by atoms with Crippen molar-refractivity contribution in [2.75, 3.05) is 45.1 Å². The van der Waals surface area contributed by atoms with E-state index in [0.717, 1.165) is 55.9 Å². The quantitative estimate of drug-likeness (QED) is 0.890. The van der Waals surface area contributed by atoms with Crippen LogP contribution < -0.4 is 5.32 Å². The number of benzene rings is 1. The molecule has 25 heavy (non-hydrogen) atoms. The Morgan fingerprint density at radius 3 is 2.76 bits per heavy atom. The van der Waals surface area contributed by atoms with Gasteiger partial charge in [-0.3, -0.25) is 0 Å². The van der Waals surface area contributed by atoms with Gasteiger partial charge in [0.1, 0.15) is 5.82 Å². The average Bonchev–Trinajstić information content (AvgIpc) is 2.61. The minimum absolute atomic E-state index is 0.295. The van der Waals surface area contributed by atoms with Crippen molar-refractivity contribution < 1.29 is 0 Å². The molecular formula is C19H24ClN5. The van der Waals surface area contributed by atoms with E-state index in [1.54, 1.807) is 12.1 Å². The summed E-state index contributed by atoms with van der Waals surface area (Å²) in [6, 6.07) is 9.81. The third-order valence-corrected chi connectivity index (χ3v) is 4.99. The van der Waals surface area contributed by atoms with Crippen LogP contribution in [0.4, 0.5) is 5.82 Å². The van der Waals surface area contributed by atoms with Gasteiger partial charge in [-0.2, -0.15) is 5.26 Å². The van der Waals surface area contributed by atoms with Crippen LogP contribution in [0.3, 0.4) is 0 Å². The van der Waals surface area contributed by atoms with Crippen molar-refractivity contribution in [1.29, 1.82) is 5.26 Å². The monoisotopic (exact) mass is 357 g/mol. The van der Waals surface area contributed by atoms with Gasteiger partial charge in [0, 0.05) is 49.2 Å². The number of halogens is 1. The van der Waals surface area contributed by atoms with Crippen molar-refractivity contribution in [3.8, 4) is 6.07 Å². The summed E-state index contributed by atoms with van der Waals surface area (Å²) in [6.07, 6.45) is 1.05. The van der Waals surface area contributed by atoms with Gasteiger partial charge in [-0.05, 0) is 44.7 Å². The van der Waals surface area contributed by atoms with E-state index in [1.165, 1.54) is 0 Å². The molecule has 1 aromatic carbocycles. The zero-order valence-corrected chi connectivity index (χ0v) is 15.6. The third kappa shape index (κ3) is 4.60. The second-order valence-corrected chi connectivity index (χ2v) is 7.24. The molecule has 0 aliphatic carbocycles. The van der Waals surface area contributed by atoms with E-state index >= 15 is 0 Å². The van der Waals surface area contributed by atoms with E-state index in [2.05, 4.69) is 40.1 Å². The van der Waals surface area contributed by atoms with Crippen LogP contribution in [0.5, 0.6) is 0 Å². The van der Waals surface area contributed by atoms with Gasteiger partial charge in [-0.1, -0.05) is 11.6 Å². The highest BCUT2D eigenvalue weighted by molar-refractivity contribution is 6.31. The third-order valence-electron chi connectivity index (χ3n) is 4.76. The Balaban J connectivity index is 1.64. The first-order valence-electron chi connectivity index (χ1n) is 8.73. The number of nitrogens with zero attached hydrogens (tertiary/aromatic N) is 4. The Morgan fingerprint density at radius 1 is 1.28 bits per heavy atom. The molecule has 1 saturated heterocycles. The van der Waals surface area contributed by atoms with E-state index in [1.807, 2.05) is 12.1 Å². The summed E-state index contributed by atoms with van der Waals surface area (Å²) in [5, 5.41) is 14.3. The zero-order chi connectivity index (χ0) is 17.8. The normalized spacial score (nSPS) is 17.4. The fourth-order valence-corrected chi connectivity index (χ4v) is 3.31. The van der Waals surface area contributed by atoms with Crippen molar-refractivity contribution in [2.24, 2.45) is 0 Å². The Kier molecular flexibility index (Phi) is 5.74. The second kappa shape index (κ2) is 8.01. The Labute approximate surface area is 154 Å². The molecule has 2 aromatic rings. The van der Waals surface area contributed by atoms with Crippen molar-refractivity contribution >= 4 is 28.3 Å². The lowest BCUT2D eigenvalue weighted by molar-refractivity contribution is 0.151. The van der Waals surface area contributed by atoms with E-state index in [-0.39, 0.29) is 0 Å². The van der Waals surface area contributed by atoms with E-state index in [4.69, 9.17) is 11.6 Å². The average molecular weight is 358 g/mol. The summed E-state index contributed by atoms with van der Waals surface area (Å²) in [4.78, 5) is 9.51. The number of hydrogen-bond acceptors (Lipinski definition) is 5. The van der Waals surface area contributed by atoms with Gasteiger partial charge in [-0.15, -0.1) is 0 Å². The molecule has 0 bridgehead atoms. The summed E-state index contributed by atoms with van der Waals surface area (Å²) in [7, 11) is 2.17. The lowest BCUT2D eigenvalue weighted by atomic mass is 10.1. The molecule has 132 valence electrons. The van der Waals surface area contributed by atoms with Crippen LogP contribution in [0.2, 0.25) is 5.02 Å². The van der Waals surface area contributed by atoms with Crippen LogP contribution in [0.1, 0.15) is 18.9 Å². The molecule has 1 N–H and O–H groups in total. The van der Waals surface area contributed by atoms with Crippen LogP contribution in [0, 0.1) is 11.3 Å². The van der Waals surface area contributed by atoms with Gasteiger partial charge in [0.05, 0.1) is 17.1 Å². The van der Waals surface area contributed by atoms with Crippen LogP contribution in [0.15, 0.2) is 24.3 Å². The molecule has 0 radical (unpaired) electrons. The van der Waals surface area contributed by atoms with Crippen molar-refractivity contribution in [3.05, 3.63) is 34.9 Å². The van der Waals surface area contributed by atoms with Crippen LogP contribution in [-0.4, -0.2) is 60.6 Å². The van der Waals surface area contributed by atoms with Crippen molar-refractivity contribution in [1.82, 2.24) is 14.8 Å². The van der Waals surface area contributed by atoms with Gasteiger partial charge < -0.3 is 15.1 Å². The van der Waals surface area contributed by atoms with Gasteiger partial charge >= 0.3 is 0 Å². The number of fused-ring (bicyclic) bond motifs is 1. The highest BCUT2D eigenvalue weighted by Gasteiger charge is 2.15. The van der Waals surface area contributed by atoms with Gasteiger partial charge in [-0.25, -0.2) is 4.98 Å². The molecule has 1 atom stereocenters. The molecule has 0 spiro atoms. The first-order valence-corrected chi connectivity index (χ1v) is 9.11. The molecule has 1 fully saturated rings. The predicted molar refractivity (Wildman–Crippen MR) is 103 cm³/mol. The van der Waals surface area contributed by atoms with Crippen LogP contribution in [0.25, 0.3) is 10.9 Å². The molecule has 0 amide bonds. The van der Waals surface area contributed by atoms with Gasteiger partial charge in [0.25, 0.3) is 0 Å². The molecule has 1 aromatic heterocycles. The Hall–Kier alpha value is -1.87. The maximum Gasteiger partial charge on any atom is 0.128 e. The number of nitriles is 1. The van der Waals surface area contributed by atoms with Crippen LogP contribution >= 0.6 is 11.6 Å². The lowest BCUT2D eigenvalue weighted by Crippen LogP contribution is -2.45. The molecule has 2 heterocycles. The highest BCUT2D eigenvalue weighted by atomic mass is 35.5. The Bertz CT molecular complexity index is 777. The minimum atomic E-state index is 0.295. The van der Waals surface area contributed by atoms with Crippen molar-refractivity contribution in [3.63, 3.8) is 0 Å². The summed E-state index contributed by atoms with van der Waals surface area (Å²) < 4.78 is 0. The first kappa shape index (κ1) is 17.9. The highest BCUT2D eigenvalue weighted by Crippen LogP contribution is 2.24. The van der Waals surface area contributed by atoms with E-state index in [0.29, 0.717) is 16.6 Å². The van der Waals surface area contributed by atoms with Gasteiger partial charge in [0.2, 0.25) is 0 Å². The molecule has 3 rings (SSSR count). The van der Waals surface area contributed by atoms with Gasteiger partial charge in [0.15, 0.2) is 0 Å². The number of aromatic nitrogens is 1. The fraction of sp³-hybridized carbons (Fsp3) is 0.474. The predicted octanol–water partition coefficient (Wildman–Crippen LogP) is 3.20. The molecule has 0 saturated carbocycles. The minimum Gasteiger partial charge on any atom is -0.368 e. The molecular weight excluding hydrogens is 334 g/mol. The largest absolute Gasteiger partial charge is 0.368 e. The molecule has 1 unspecified atom stereocenters. The number of rotatable bonds is 5. The Morgan fingerprint density at radius 2 is 2.04 bits per heavy atom. The summed E-state index contributed by atoms with van der Waals surface area (Å²) in [5.74, 6) is 0.747. The first-order chi connectivity index (χ1) is 12.0. The van der Waals surface area contributed by atoms with Crippen molar-refractivity contribution in [2.45, 2.75) is 19.4 Å². The topological polar surface area (TPSA) is 55.2 Å². The number of likely N-dealkylation sites (N-methyl/N-ethyl adjacent to an activating group) is 1. The molecule has 6 heteroatoms. The standard InChI is InChI=1S/C19H24ClN5/c1-14(5-6-25-9-7-24(2)8-10-25)22-19-11-15(13-21)17-12-16(20)3-4-18(17)23-19/h3-4,11-12,14H,5-10H2,1-2H3,(H,22,23). The fourth-order valence-electron chi connectivity index (χ4n) is 3.14. The number of pyridine rings is 1. The molecule has 1 aliphatic heterocycles. The smallest absolute Gasteiger partial charge is 0.128 e. The SMILES string of the molecule is CC(CCN1CCN(C)CC1)Nc1cc(C#N)c2cc(Cl)ccc2n1. The second-order valence-electron chi connectivity index (χ2n) is 6.81. The summed E-state index contributed by atoms with van der Waals surface area (Å²) in [6.45, 7) is 7.80. The number of nitrogens with one attached hydrogen (secondary N) is 1. The van der Waals surface area contributed by atoms with E-state index in [9.17, 15) is 5.26 Å². The van der Waals surface area contributed by atoms with E-state index < -0.39 is 0 Å². The molecule has 1 aliphatic rings. The lowest BCUT2D eigenvalue weighted by Gasteiger charge is -2.33.